The summed E-state index contributed by atoms with van der Waals surface area (Å²) < 4.78 is 5.50. The third-order valence-corrected chi connectivity index (χ3v) is 5.24. The Kier molecular flexibility index (Phi) is 4.51. The number of methoxy groups -OCH3 is 1. The van der Waals surface area contributed by atoms with Crippen molar-refractivity contribution in [3.63, 3.8) is 0 Å². The molecule has 0 spiro atoms. The van der Waals surface area contributed by atoms with E-state index in [2.05, 4.69) is 54.1 Å². The molecule has 0 bridgehead atoms. The van der Waals surface area contributed by atoms with Gasteiger partial charge in [-0.15, -0.1) is 0 Å². The minimum absolute atomic E-state index is 0.796. The summed E-state index contributed by atoms with van der Waals surface area (Å²) in [5.41, 5.74) is 7.07. The summed E-state index contributed by atoms with van der Waals surface area (Å²) in [7, 11) is 1.75. The Hall–Kier alpha value is -2.59. The first-order valence-corrected chi connectivity index (χ1v) is 9.22. The number of benzene rings is 2. The van der Waals surface area contributed by atoms with Gasteiger partial charge in [0, 0.05) is 24.4 Å². The highest BCUT2D eigenvalue weighted by Gasteiger charge is 2.22. The normalized spacial score (nSPS) is 16.4. The molecule has 0 fully saturated rings. The second-order valence-electron chi connectivity index (χ2n) is 6.93. The Labute approximate surface area is 155 Å². The van der Waals surface area contributed by atoms with Crippen LogP contribution in [0.3, 0.4) is 0 Å². The van der Waals surface area contributed by atoms with Crippen LogP contribution in [-0.2, 0) is 19.4 Å². The van der Waals surface area contributed by atoms with E-state index in [4.69, 9.17) is 9.73 Å². The van der Waals surface area contributed by atoms with Crippen LogP contribution in [0.1, 0.15) is 29.2 Å². The summed E-state index contributed by atoms with van der Waals surface area (Å²) in [6.45, 7) is 9.09. The fourth-order valence-electron chi connectivity index (χ4n) is 3.80. The van der Waals surface area contributed by atoms with Crippen molar-refractivity contribution < 1.29 is 4.74 Å². The number of amidine groups is 1. The highest BCUT2D eigenvalue weighted by atomic mass is 16.5. The largest absolute Gasteiger partial charge is 0.496 e. The number of aliphatic imine (C=N–C) groups is 1. The van der Waals surface area contributed by atoms with E-state index in [0.717, 1.165) is 61.0 Å². The summed E-state index contributed by atoms with van der Waals surface area (Å²) in [5, 5.41) is 3.41. The third kappa shape index (κ3) is 3.13. The van der Waals surface area contributed by atoms with Crippen LogP contribution >= 0.6 is 0 Å². The number of hydrogen-bond donors (Lipinski definition) is 1. The number of rotatable bonds is 4. The molecule has 134 valence electrons. The first-order valence-electron chi connectivity index (χ1n) is 9.22. The average molecular weight is 347 g/mol. The number of fused-ring (bicyclic) bond motifs is 2. The highest BCUT2D eigenvalue weighted by Crippen LogP contribution is 2.30. The summed E-state index contributed by atoms with van der Waals surface area (Å²) in [5.74, 6) is 1.97. The smallest absolute Gasteiger partial charge is 0.122 e. The molecule has 2 aromatic rings. The van der Waals surface area contributed by atoms with Gasteiger partial charge in [0.25, 0.3) is 0 Å². The Bertz CT molecular complexity index is 885. The van der Waals surface area contributed by atoms with Crippen LogP contribution in [0.25, 0.3) is 5.70 Å². The minimum Gasteiger partial charge on any atom is -0.496 e. The van der Waals surface area contributed by atoms with Gasteiger partial charge in [-0.3, -0.25) is 4.90 Å². The van der Waals surface area contributed by atoms with E-state index in [1.54, 1.807) is 7.11 Å². The fraction of sp³-hybridized carbons (Fsp3) is 0.318. The second kappa shape index (κ2) is 6.96. The molecule has 0 atom stereocenters. The molecule has 2 aliphatic heterocycles. The number of aryl methyl sites for hydroxylation is 1. The van der Waals surface area contributed by atoms with Crippen molar-refractivity contribution in [2.24, 2.45) is 4.99 Å². The Morgan fingerprint density at radius 2 is 2.15 bits per heavy atom. The van der Waals surface area contributed by atoms with Crippen LogP contribution in [0.5, 0.6) is 5.75 Å². The monoisotopic (exact) mass is 347 g/mol. The molecular formula is C22H25N3O. The number of hydrogen-bond acceptors (Lipinski definition) is 4. The average Bonchev–Trinajstić information content (AvgIpc) is 2.67. The fourth-order valence-corrected chi connectivity index (χ4v) is 3.80. The van der Waals surface area contributed by atoms with Crippen molar-refractivity contribution >= 4 is 17.2 Å². The van der Waals surface area contributed by atoms with Gasteiger partial charge in [0.05, 0.1) is 19.3 Å². The van der Waals surface area contributed by atoms with Gasteiger partial charge in [-0.2, -0.15) is 0 Å². The molecule has 0 aliphatic carbocycles. The van der Waals surface area contributed by atoms with E-state index < -0.39 is 0 Å². The molecule has 2 aliphatic rings. The third-order valence-electron chi connectivity index (χ3n) is 5.24. The van der Waals surface area contributed by atoms with E-state index in [1.807, 2.05) is 6.07 Å². The molecule has 0 radical (unpaired) electrons. The van der Waals surface area contributed by atoms with Crippen LogP contribution in [0.4, 0.5) is 5.69 Å². The number of nitrogens with one attached hydrogen (secondary N) is 1. The van der Waals surface area contributed by atoms with Gasteiger partial charge in [0.1, 0.15) is 11.6 Å². The van der Waals surface area contributed by atoms with E-state index >= 15 is 0 Å². The Morgan fingerprint density at radius 3 is 2.96 bits per heavy atom. The predicted molar refractivity (Wildman–Crippen MR) is 107 cm³/mol. The minimum atomic E-state index is 0.796. The van der Waals surface area contributed by atoms with Gasteiger partial charge >= 0.3 is 0 Å². The van der Waals surface area contributed by atoms with Crippen molar-refractivity contribution in [3.05, 3.63) is 65.2 Å². The molecule has 0 unspecified atom stereocenters. The van der Waals surface area contributed by atoms with Gasteiger partial charge < -0.3 is 10.1 Å². The maximum atomic E-state index is 5.50. The van der Waals surface area contributed by atoms with Gasteiger partial charge in [0.15, 0.2) is 0 Å². The van der Waals surface area contributed by atoms with Crippen molar-refractivity contribution in [1.29, 1.82) is 0 Å². The molecule has 4 heteroatoms. The molecule has 0 saturated carbocycles. The highest BCUT2D eigenvalue weighted by molar-refractivity contribution is 5.98. The lowest BCUT2D eigenvalue weighted by molar-refractivity contribution is 0.284. The first kappa shape index (κ1) is 16.9. The SMILES string of the molecule is C=C1NC(CN2CCc3c(cccc3OC)C2)=Nc2ccc(CC)cc21. The zero-order chi connectivity index (χ0) is 18.1. The lowest BCUT2D eigenvalue weighted by Gasteiger charge is -2.31. The Morgan fingerprint density at radius 1 is 1.27 bits per heavy atom. The lowest BCUT2D eigenvalue weighted by atomic mass is 9.98. The predicted octanol–water partition coefficient (Wildman–Crippen LogP) is 3.92. The van der Waals surface area contributed by atoms with Gasteiger partial charge in [0.2, 0.25) is 0 Å². The molecule has 4 rings (SSSR count). The summed E-state index contributed by atoms with van der Waals surface area (Å²) in [6.07, 6.45) is 2.03. The van der Waals surface area contributed by atoms with Crippen LogP contribution < -0.4 is 10.1 Å². The first-order chi connectivity index (χ1) is 12.7. The summed E-state index contributed by atoms with van der Waals surface area (Å²) >= 11 is 0. The molecular weight excluding hydrogens is 322 g/mol. The van der Waals surface area contributed by atoms with Crippen LogP contribution in [-0.4, -0.2) is 30.9 Å². The maximum Gasteiger partial charge on any atom is 0.122 e. The second-order valence-corrected chi connectivity index (χ2v) is 6.93. The maximum absolute atomic E-state index is 5.50. The van der Waals surface area contributed by atoms with Crippen LogP contribution in [0.15, 0.2) is 48.0 Å². The summed E-state index contributed by atoms with van der Waals surface area (Å²) in [4.78, 5) is 7.26. The van der Waals surface area contributed by atoms with Crippen LogP contribution in [0.2, 0.25) is 0 Å². The van der Waals surface area contributed by atoms with Crippen molar-refractivity contribution in [3.8, 4) is 5.75 Å². The Balaban J connectivity index is 1.53. The molecule has 2 heterocycles. The van der Waals surface area contributed by atoms with E-state index in [1.165, 1.54) is 16.7 Å². The van der Waals surface area contributed by atoms with Crippen molar-refractivity contribution in [2.45, 2.75) is 26.3 Å². The molecule has 0 aromatic heterocycles. The zero-order valence-corrected chi connectivity index (χ0v) is 15.5. The standard InChI is InChI=1S/C22H25N3O/c1-4-16-8-9-20-19(12-16)15(2)23-22(24-20)14-25-11-10-18-17(13-25)6-5-7-21(18)26-3/h5-9,12H,2,4,10-11,13-14H2,1,3H3,(H,23,24). The molecule has 1 N–H and O–H groups in total. The van der Waals surface area contributed by atoms with Gasteiger partial charge in [-0.25, -0.2) is 4.99 Å². The lowest BCUT2D eigenvalue weighted by Crippen LogP contribution is -2.40. The van der Waals surface area contributed by atoms with Gasteiger partial charge in [-0.05, 0) is 47.7 Å². The molecule has 4 nitrogen and oxygen atoms in total. The number of ether oxygens (including phenoxy) is 1. The summed E-state index contributed by atoms with van der Waals surface area (Å²) in [6, 6.07) is 12.8. The molecule has 0 amide bonds. The number of nitrogens with zero attached hydrogens (tertiary/aromatic N) is 2. The van der Waals surface area contributed by atoms with E-state index in [0.29, 0.717) is 0 Å². The molecule has 26 heavy (non-hydrogen) atoms. The van der Waals surface area contributed by atoms with Crippen molar-refractivity contribution in [1.82, 2.24) is 10.2 Å². The molecule has 2 aromatic carbocycles. The van der Waals surface area contributed by atoms with Gasteiger partial charge in [-0.1, -0.05) is 31.7 Å². The van der Waals surface area contributed by atoms with Crippen LogP contribution in [0, 0.1) is 0 Å². The topological polar surface area (TPSA) is 36.9 Å². The zero-order valence-electron chi connectivity index (χ0n) is 15.5. The van der Waals surface area contributed by atoms with E-state index in [9.17, 15) is 0 Å². The van der Waals surface area contributed by atoms with Crippen molar-refractivity contribution in [2.75, 3.05) is 20.2 Å². The quantitative estimate of drug-likeness (QED) is 0.911. The van der Waals surface area contributed by atoms with E-state index in [-0.39, 0.29) is 0 Å². The molecule has 0 saturated heterocycles.